The Kier molecular flexibility index (Phi) is 5.56. The molecule has 0 amide bonds. The lowest BCUT2D eigenvalue weighted by Gasteiger charge is -2.13. The van der Waals surface area contributed by atoms with Crippen LogP contribution < -0.4 is 4.72 Å². The molecule has 5 heteroatoms. The van der Waals surface area contributed by atoms with Gasteiger partial charge in [-0.2, -0.15) is 0 Å². The number of sulfonamides is 1. The Morgan fingerprint density at radius 3 is 2.29 bits per heavy atom. The van der Waals surface area contributed by atoms with Crippen molar-refractivity contribution in [2.75, 3.05) is 5.75 Å². The van der Waals surface area contributed by atoms with Gasteiger partial charge in [0.25, 0.3) is 0 Å². The lowest BCUT2D eigenvalue weighted by atomic mass is 10.0. The van der Waals surface area contributed by atoms with Gasteiger partial charge in [-0.05, 0) is 29.2 Å². The van der Waals surface area contributed by atoms with Crippen LogP contribution in [0.1, 0.15) is 24.0 Å². The lowest BCUT2D eigenvalue weighted by molar-refractivity contribution is 0.575. The molecule has 112 valence electrons. The third-order valence-corrected chi connectivity index (χ3v) is 5.30. The van der Waals surface area contributed by atoms with Crippen molar-refractivity contribution in [1.82, 2.24) is 4.72 Å². The fourth-order valence-electron chi connectivity index (χ4n) is 2.06. The second kappa shape index (κ2) is 7.20. The fourth-order valence-corrected chi connectivity index (χ4v) is 3.68. The molecule has 0 fully saturated rings. The molecule has 0 aliphatic carbocycles. The van der Waals surface area contributed by atoms with E-state index >= 15 is 0 Å². The largest absolute Gasteiger partial charge is 0.212 e. The first kappa shape index (κ1) is 16.2. The Morgan fingerprint density at radius 2 is 1.67 bits per heavy atom. The molecule has 2 aromatic carbocycles. The fraction of sp³-hybridized carbons (Fsp3) is 0.250. The van der Waals surface area contributed by atoms with Crippen LogP contribution in [0.5, 0.6) is 0 Å². The molecule has 0 aromatic heterocycles. The maximum atomic E-state index is 12.1. The van der Waals surface area contributed by atoms with Crippen molar-refractivity contribution in [3.63, 3.8) is 0 Å². The van der Waals surface area contributed by atoms with Crippen molar-refractivity contribution in [2.24, 2.45) is 0 Å². The standard InChI is InChI=1S/C16H18BrNO2S/c1-13(15-5-3-2-4-6-15)12-21(19,20)18-11-14-7-9-16(17)10-8-14/h2-10,13,18H,11-12H2,1H3. The molecule has 3 nitrogen and oxygen atoms in total. The van der Waals surface area contributed by atoms with E-state index in [0.717, 1.165) is 15.6 Å². The average Bonchev–Trinajstić information content (AvgIpc) is 2.47. The highest BCUT2D eigenvalue weighted by molar-refractivity contribution is 9.10. The van der Waals surface area contributed by atoms with Gasteiger partial charge < -0.3 is 0 Å². The van der Waals surface area contributed by atoms with Crippen molar-refractivity contribution < 1.29 is 8.42 Å². The van der Waals surface area contributed by atoms with E-state index in [4.69, 9.17) is 0 Å². The van der Waals surface area contributed by atoms with Crippen molar-refractivity contribution in [3.8, 4) is 0 Å². The van der Waals surface area contributed by atoms with Gasteiger partial charge in [-0.15, -0.1) is 0 Å². The van der Waals surface area contributed by atoms with Crippen LogP contribution in [0.15, 0.2) is 59.1 Å². The minimum absolute atomic E-state index is 0.0337. The minimum Gasteiger partial charge on any atom is -0.212 e. The van der Waals surface area contributed by atoms with E-state index in [1.807, 2.05) is 61.5 Å². The van der Waals surface area contributed by atoms with Crippen molar-refractivity contribution in [3.05, 3.63) is 70.2 Å². The molecule has 2 aromatic rings. The van der Waals surface area contributed by atoms with E-state index in [9.17, 15) is 8.42 Å². The maximum absolute atomic E-state index is 12.1. The third-order valence-electron chi connectivity index (χ3n) is 3.25. The quantitative estimate of drug-likeness (QED) is 0.846. The van der Waals surface area contributed by atoms with Crippen LogP contribution in [0.4, 0.5) is 0 Å². The number of hydrogen-bond donors (Lipinski definition) is 1. The first-order valence-corrected chi connectivity index (χ1v) is 9.17. The van der Waals surface area contributed by atoms with Gasteiger partial charge in [0, 0.05) is 11.0 Å². The van der Waals surface area contributed by atoms with Crippen LogP contribution in [0.25, 0.3) is 0 Å². The zero-order chi connectivity index (χ0) is 15.3. The Hall–Kier alpha value is -1.17. The molecule has 0 aliphatic rings. The first-order chi connectivity index (χ1) is 9.96. The summed E-state index contributed by atoms with van der Waals surface area (Å²) in [6, 6.07) is 17.3. The summed E-state index contributed by atoms with van der Waals surface area (Å²) >= 11 is 3.36. The summed E-state index contributed by atoms with van der Waals surface area (Å²) in [4.78, 5) is 0. The molecule has 0 heterocycles. The van der Waals surface area contributed by atoms with E-state index < -0.39 is 10.0 Å². The molecule has 0 aliphatic heterocycles. The third kappa shape index (κ3) is 5.26. The summed E-state index contributed by atoms with van der Waals surface area (Å²) in [5.41, 5.74) is 1.97. The molecule has 0 spiro atoms. The number of nitrogens with one attached hydrogen (secondary N) is 1. The van der Waals surface area contributed by atoms with Gasteiger partial charge in [0.05, 0.1) is 5.75 Å². The zero-order valence-electron chi connectivity index (χ0n) is 11.8. The van der Waals surface area contributed by atoms with Crippen molar-refractivity contribution in [2.45, 2.75) is 19.4 Å². The summed E-state index contributed by atoms with van der Waals surface area (Å²) in [7, 11) is -3.30. The van der Waals surface area contributed by atoms with Gasteiger partial charge in [0.1, 0.15) is 0 Å². The average molecular weight is 368 g/mol. The Labute approximate surface area is 134 Å². The summed E-state index contributed by atoms with van der Waals surface area (Å²) in [6.45, 7) is 2.24. The van der Waals surface area contributed by atoms with Gasteiger partial charge in [0.15, 0.2) is 0 Å². The molecule has 0 bridgehead atoms. The molecular formula is C16H18BrNO2S. The Balaban J connectivity index is 1.94. The summed E-state index contributed by atoms with van der Waals surface area (Å²) in [5.74, 6) is 0.0571. The molecule has 1 unspecified atom stereocenters. The van der Waals surface area contributed by atoms with E-state index in [1.54, 1.807) is 0 Å². The molecule has 0 saturated heterocycles. The predicted octanol–water partition coefficient (Wildman–Crippen LogP) is 3.67. The van der Waals surface area contributed by atoms with Crippen LogP contribution in [-0.4, -0.2) is 14.2 Å². The van der Waals surface area contributed by atoms with Gasteiger partial charge in [-0.25, -0.2) is 13.1 Å². The maximum Gasteiger partial charge on any atom is 0.212 e. The highest BCUT2D eigenvalue weighted by Crippen LogP contribution is 2.16. The number of rotatable bonds is 6. The van der Waals surface area contributed by atoms with Crippen LogP contribution in [0, 0.1) is 0 Å². The molecule has 1 N–H and O–H groups in total. The Morgan fingerprint density at radius 1 is 1.05 bits per heavy atom. The summed E-state index contributed by atoms with van der Waals surface area (Å²) in [6.07, 6.45) is 0. The molecule has 2 rings (SSSR count). The normalized spacial score (nSPS) is 13.0. The highest BCUT2D eigenvalue weighted by Gasteiger charge is 2.16. The van der Waals surface area contributed by atoms with Gasteiger partial charge in [-0.3, -0.25) is 0 Å². The highest BCUT2D eigenvalue weighted by atomic mass is 79.9. The van der Waals surface area contributed by atoms with Gasteiger partial charge in [0.2, 0.25) is 10.0 Å². The van der Waals surface area contributed by atoms with Crippen LogP contribution in [0.2, 0.25) is 0 Å². The van der Waals surface area contributed by atoms with Crippen LogP contribution in [0.3, 0.4) is 0 Å². The zero-order valence-corrected chi connectivity index (χ0v) is 14.2. The van der Waals surface area contributed by atoms with E-state index in [2.05, 4.69) is 20.7 Å². The second-order valence-corrected chi connectivity index (χ2v) is 7.81. The first-order valence-electron chi connectivity index (χ1n) is 6.73. The topological polar surface area (TPSA) is 46.2 Å². The van der Waals surface area contributed by atoms with Gasteiger partial charge in [-0.1, -0.05) is 65.3 Å². The predicted molar refractivity (Wildman–Crippen MR) is 89.6 cm³/mol. The van der Waals surface area contributed by atoms with E-state index in [0.29, 0.717) is 6.54 Å². The van der Waals surface area contributed by atoms with E-state index in [-0.39, 0.29) is 11.7 Å². The smallest absolute Gasteiger partial charge is 0.212 e. The number of benzene rings is 2. The van der Waals surface area contributed by atoms with Crippen molar-refractivity contribution >= 4 is 26.0 Å². The lowest BCUT2D eigenvalue weighted by Crippen LogP contribution is -2.28. The molecule has 0 saturated carbocycles. The summed E-state index contributed by atoms with van der Waals surface area (Å²) in [5, 5.41) is 0. The second-order valence-electron chi connectivity index (χ2n) is 5.04. The number of hydrogen-bond acceptors (Lipinski definition) is 2. The molecule has 0 radical (unpaired) electrons. The Bertz CT molecular complexity index is 669. The van der Waals surface area contributed by atoms with Crippen LogP contribution in [-0.2, 0) is 16.6 Å². The molecule has 1 atom stereocenters. The SMILES string of the molecule is CC(CS(=O)(=O)NCc1ccc(Br)cc1)c1ccccc1. The van der Waals surface area contributed by atoms with Gasteiger partial charge >= 0.3 is 0 Å². The molecule has 21 heavy (non-hydrogen) atoms. The van der Waals surface area contributed by atoms with Crippen LogP contribution >= 0.6 is 15.9 Å². The monoisotopic (exact) mass is 367 g/mol. The van der Waals surface area contributed by atoms with Crippen molar-refractivity contribution in [1.29, 1.82) is 0 Å². The summed E-state index contributed by atoms with van der Waals surface area (Å²) < 4.78 is 27.9. The minimum atomic E-state index is -3.30. The number of halogens is 1. The molecular weight excluding hydrogens is 350 g/mol. The van der Waals surface area contributed by atoms with E-state index in [1.165, 1.54) is 0 Å².